The topological polar surface area (TPSA) is 116 Å². The molecule has 0 aliphatic carbocycles. The van der Waals surface area contributed by atoms with Crippen molar-refractivity contribution in [2.75, 3.05) is 11.1 Å². The molecule has 1 aromatic heterocycles. The number of rotatable bonds is 9. The van der Waals surface area contributed by atoms with Crippen LogP contribution < -0.4 is 21.5 Å². The molecule has 4 aromatic rings. The summed E-state index contributed by atoms with van der Waals surface area (Å²) < 4.78 is 5.80. The van der Waals surface area contributed by atoms with Gasteiger partial charge in [0, 0.05) is 28.5 Å². The molecule has 0 saturated heterocycles. The number of nitrogens with zero attached hydrogens (tertiary/aromatic N) is 2. The molecule has 3 aromatic carbocycles. The van der Waals surface area contributed by atoms with Gasteiger partial charge in [-0.25, -0.2) is 4.98 Å². The lowest BCUT2D eigenvalue weighted by Crippen LogP contribution is -2.18. The van der Waals surface area contributed by atoms with Crippen LogP contribution in [0.25, 0.3) is 0 Å². The molecular weight excluding hydrogens is 446 g/mol. The molecule has 0 fully saturated rings. The normalized spacial score (nSPS) is 11.2. The number of nitrogens with one attached hydrogen (secondary N) is 1. The van der Waals surface area contributed by atoms with Gasteiger partial charge in [-0.05, 0) is 41.5 Å². The van der Waals surface area contributed by atoms with E-state index in [1.54, 1.807) is 24.4 Å². The molecule has 0 unspecified atom stereocenters. The van der Waals surface area contributed by atoms with Crippen molar-refractivity contribution in [3.05, 3.63) is 106 Å². The smallest absolute Gasteiger partial charge is 0.228 e. The summed E-state index contributed by atoms with van der Waals surface area (Å²) in [6.45, 7) is 0.876. The Morgan fingerprint density at radius 1 is 1.03 bits per heavy atom. The van der Waals surface area contributed by atoms with Crippen molar-refractivity contribution in [1.82, 2.24) is 4.98 Å². The number of amidine groups is 1. The first-order valence-electron chi connectivity index (χ1n) is 10.7. The molecule has 34 heavy (non-hydrogen) atoms. The number of hydrogen-bond donors (Lipinski definition) is 3. The predicted octanol–water partition coefficient (Wildman–Crippen LogP) is 4.39. The van der Waals surface area contributed by atoms with Crippen molar-refractivity contribution in [3.8, 4) is 5.75 Å². The van der Waals surface area contributed by atoms with Crippen LogP contribution in [0.2, 0.25) is 0 Å². The fourth-order valence-electron chi connectivity index (χ4n) is 3.26. The molecule has 0 bridgehead atoms. The fraction of sp³-hybridized carbons (Fsp3) is 0.115. The van der Waals surface area contributed by atoms with E-state index in [1.807, 2.05) is 60.0 Å². The Morgan fingerprint density at radius 3 is 2.56 bits per heavy atom. The zero-order chi connectivity index (χ0) is 23.8. The standard InChI is InChI=1S/C26H25N5O2S/c27-23-11-8-20(15-22(23)26(28)30-16-25-29-12-13-34-25)31-24(32)14-18-6-9-21(10-7-18)33-17-19-4-2-1-3-5-19/h1-13,15H,14,16-17,27H2,(H2,28,30)(H,31,32). The lowest BCUT2D eigenvalue weighted by atomic mass is 10.1. The number of ether oxygens (including phenoxy) is 1. The molecule has 1 heterocycles. The number of carbonyl (C=O) groups excluding carboxylic acids is 1. The van der Waals surface area contributed by atoms with E-state index in [9.17, 15) is 4.79 Å². The van der Waals surface area contributed by atoms with Gasteiger partial charge in [-0.15, -0.1) is 11.3 Å². The summed E-state index contributed by atoms with van der Waals surface area (Å²) in [7, 11) is 0. The molecule has 4 rings (SSSR count). The summed E-state index contributed by atoms with van der Waals surface area (Å²) in [6, 6.07) is 22.6. The predicted molar refractivity (Wildman–Crippen MR) is 137 cm³/mol. The average Bonchev–Trinajstić information content (AvgIpc) is 3.38. The number of amides is 1. The molecular formula is C26H25N5O2S. The van der Waals surface area contributed by atoms with Crippen LogP contribution in [0.15, 0.2) is 89.4 Å². The maximum absolute atomic E-state index is 12.6. The van der Waals surface area contributed by atoms with Gasteiger partial charge in [-0.3, -0.25) is 9.79 Å². The van der Waals surface area contributed by atoms with Crippen molar-refractivity contribution in [3.63, 3.8) is 0 Å². The van der Waals surface area contributed by atoms with Crippen LogP contribution in [0, 0.1) is 0 Å². The molecule has 7 nitrogen and oxygen atoms in total. The maximum Gasteiger partial charge on any atom is 0.228 e. The molecule has 0 saturated carbocycles. The molecule has 0 aliphatic rings. The van der Waals surface area contributed by atoms with E-state index in [0.717, 1.165) is 21.9 Å². The highest BCUT2D eigenvalue weighted by molar-refractivity contribution is 7.09. The number of aromatic nitrogens is 1. The lowest BCUT2D eigenvalue weighted by Gasteiger charge is -2.11. The Labute approximate surface area is 202 Å². The number of carbonyl (C=O) groups is 1. The molecule has 8 heteroatoms. The molecule has 172 valence electrons. The summed E-state index contributed by atoms with van der Waals surface area (Å²) in [5.41, 5.74) is 15.9. The highest BCUT2D eigenvalue weighted by Crippen LogP contribution is 2.19. The van der Waals surface area contributed by atoms with Gasteiger partial charge in [0.1, 0.15) is 23.2 Å². The first kappa shape index (κ1) is 23.0. The zero-order valence-corrected chi connectivity index (χ0v) is 19.3. The van der Waals surface area contributed by atoms with Crippen LogP contribution in [-0.4, -0.2) is 16.7 Å². The third-order valence-electron chi connectivity index (χ3n) is 5.02. The second-order valence-corrected chi connectivity index (χ2v) is 8.55. The summed E-state index contributed by atoms with van der Waals surface area (Å²) >= 11 is 1.51. The van der Waals surface area contributed by atoms with Gasteiger partial charge in [0.2, 0.25) is 5.91 Å². The second-order valence-electron chi connectivity index (χ2n) is 7.57. The number of benzene rings is 3. The maximum atomic E-state index is 12.6. The average molecular weight is 472 g/mol. The van der Waals surface area contributed by atoms with Gasteiger partial charge in [-0.2, -0.15) is 0 Å². The Morgan fingerprint density at radius 2 is 1.82 bits per heavy atom. The van der Waals surface area contributed by atoms with E-state index in [0.29, 0.717) is 35.9 Å². The molecule has 0 spiro atoms. The van der Waals surface area contributed by atoms with Crippen molar-refractivity contribution in [2.24, 2.45) is 10.7 Å². The van der Waals surface area contributed by atoms with E-state index in [-0.39, 0.29) is 12.3 Å². The van der Waals surface area contributed by atoms with Gasteiger partial charge in [0.05, 0.1) is 13.0 Å². The van der Waals surface area contributed by atoms with E-state index >= 15 is 0 Å². The Bertz CT molecular complexity index is 1260. The quantitative estimate of drug-likeness (QED) is 0.190. The number of aliphatic imine (C=N–C) groups is 1. The van der Waals surface area contributed by atoms with Crippen LogP contribution in [0.3, 0.4) is 0 Å². The van der Waals surface area contributed by atoms with Crippen molar-refractivity contribution >= 4 is 34.5 Å². The van der Waals surface area contributed by atoms with E-state index in [1.165, 1.54) is 11.3 Å². The van der Waals surface area contributed by atoms with Gasteiger partial charge < -0.3 is 21.5 Å². The number of nitrogen functional groups attached to an aromatic ring is 1. The van der Waals surface area contributed by atoms with Crippen LogP contribution in [0.5, 0.6) is 5.75 Å². The van der Waals surface area contributed by atoms with Crippen LogP contribution in [0.4, 0.5) is 11.4 Å². The third kappa shape index (κ3) is 6.43. The summed E-state index contributed by atoms with van der Waals surface area (Å²) in [4.78, 5) is 21.1. The Hall–Kier alpha value is -4.17. The number of anilines is 2. The zero-order valence-electron chi connectivity index (χ0n) is 18.5. The third-order valence-corrected chi connectivity index (χ3v) is 5.78. The summed E-state index contributed by atoms with van der Waals surface area (Å²) in [5.74, 6) is 0.908. The van der Waals surface area contributed by atoms with E-state index < -0.39 is 0 Å². The summed E-state index contributed by atoms with van der Waals surface area (Å²) in [6.07, 6.45) is 1.95. The Balaban J connectivity index is 1.33. The minimum atomic E-state index is -0.146. The number of hydrogen-bond acceptors (Lipinski definition) is 6. The van der Waals surface area contributed by atoms with Crippen LogP contribution in [-0.2, 0) is 24.4 Å². The molecule has 0 atom stereocenters. The lowest BCUT2D eigenvalue weighted by molar-refractivity contribution is -0.115. The largest absolute Gasteiger partial charge is 0.489 e. The second kappa shape index (κ2) is 11.1. The fourth-order valence-corrected chi connectivity index (χ4v) is 3.80. The van der Waals surface area contributed by atoms with Crippen molar-refractivity contribution in [1.29, 1.82) is 0 Å². The van der Waals surface area contributed by atoms with Gasteiger partial charge in [-0.1, -0.05) is 42.5 Å². The molecule has 5 N–H and O–H groups in total. The number of nitrogens with two attached hydrogens (primary N) is 2. The number of thiazole rings is 1. The van der Waals surface area contributed by atoms with Crippen LogP contribution >= 0.6 is 11.3 Å². The highest BCUT2D eigenvalue weighted by Gasteiger charge is 2.09. The van der Waals surface area contributed by atoms with Gasteiger partial charge in [0.15, 0.2) is 0 Å². The summed E-state index contributed by atoms with van der Waals surface area (Å²) in [5, 5.41) is 5.65. The van der Waals surface area contributed by atoms with Crippen molar-refractivity contribution in [2.45, 2.75) is 19.6 Å². The molecule has 0 radical (unpaired) electrons. The molecule has 1 amide bonds. The highest BCUT2D eigenvalue weighted by atomic mass is 32.1. The first-order chi connectivity index (χ1) is 16.6. The van der Waals surface area contributed by atoms with Gasteiger partial charge in [0.25, 0.3) is 0 Å². The monoisotopic (exact) mass is 471 g/mol. The Kier molecular flexibility index (Phi) is 7.52. The van der Waals surface area contributed by atoms with E-state index in [4.69, 9.17) is 16.2 Å². The van der Waals surface area contributed by atoms with Crippen LogP contribution in [0.1, 0.15) is 21.7 Å². The van der Waals surface area contributed by atoms with Crippen molar-refractivity contribution < 1.29 is 9.53 Å². The first-order valence-corrected chi connectivity index (χ1v) is 11.6. The molecule has 0 aliphatic heterocycles. The van der Waals surface area contributed by atoms with Gasteiger partial charge >= 0.3 is 0 Å². The SMILES string of the molecule is NC(=NCc1nccs1)c1cc(NC(=O)Cc2ccc(OCc3ccccc3)cc2)ccc1N. The van der Waals surface area contributed by atoms with E-state index in [2.05, 4.69) is 15.3 Å². The minimum absolute atomic E-state index is 0.146. The minimum Gasteiger partial charge on any atom is -0.489 e.